The van der Waals surface area contributed by atoms with Crippen molar-refractivity contribution in [1.29, 1.82) is 0 Å². The lowest BCUT2D eigenvalue weighted by atomic mass is 10.2. The predicted octanol–water partition coefficient (Wildman–Crippen LogP) is 1.84. The van der Waals surface area contributed by atoms with Crippen LogP contribution < -0.4 is 0 Å². The van der Waals surface area contributed by atoms with E-state index in [4.69, 9.17) is 0 Å². The summed E-state index contributed by atoms with van der Waals surface area (Å²) in [5, 5.41) is 2.07. The molecule has 1 aromatic rings. The first-order valence-corrected chi connectivity index (χ1v) is 7.12. The van der Waals surface area contributed by atoms with E-state index in [1.165, 1.54) is 4.88 Å². The quantitative estimate of drug-likeness (QED) is 0.819. The van der Waals surface area contributed by atoms with Crippen molar-refractivity contribution in [1.82, 2.24) is 9.80 Å². The summed E-state index contributed by atoms with van der Waals surface area (Å²) in [6.07, 6.45) is 2.65. The van der Waals surface area contributed by atoms with E-state index >= 15 is 0 Å². The molecule has 1 aliphatic heterocycles. The van der Waals surface area contributed by atoms with Crippen LogP contribution >= 0.6 is 11.3 Å². The van der Waals surface area contributed by atoms with Crippen molar-refractivity contribution in [2.75, 3.05) is 33.2 Å². The van der Waals surface area contributed by atoms with Crippen LogP contribution in [0.25, 0.3) is 0 Å². The standard InChI is InChI=1S/C13H20N2OS/c1-14-7-3-8-15(10-9-14)13(16)6-5-12-4-2-11-17-12/h2,4,11H,3,5-10H2,1H3. The van der Waals surface area contributed by atoms with Crippen molar-refractivity contribution in [2.45, 2.75) is 19.3 Å². The summed E-state index contributed by atoms with van der Waals surface area (Å²) in [7, 11) is 2.12. The molecule has 2 heterocycles. The number of rotatable bonds is 3. The predicted molar refractivity (Wildman–Crippen MR) is 71.3 cm³/mol. The number of amides is 1. The second-order valence-corrected chi connectivity index (χ2v) is 5.65. The summed E-state index contributed by atoms with van der Waals surface area (Å²) in [4.78, 5) is 17.7. The lowest BCUT2D eigenvalue weighted by molar-refractivity contribution is -0.131. The largest absolute Gasteiger partial charge is 0.341 e. The average molecular weight is 252 g/mol. The van der Waals surface area contributed by atoms with Crippen molar-refractivity contribution in [3.63, 3.8) is 0 Å². The molecule has 0 radical (unpaired) electrons. The molecule has 1 amide bonds. The van der Waals surface area contributed by atoms with Gasteiger partial charge >= 0.3 is 0 Å². The maximum Gasteiger partial charge on any atom is 0.222 e. The zero-order chi connectivity index (χ0) is 12.1. The Balaban J connectivity index is 1.79. The number of hydrogen-bond acceptors (Lipinski definition) is 3. The molecular weight excluding hydrogens is 232 g/mol. The number of thiophene rings is 1. The van der Waals surface area contributed by atoms with Crippen molar-refractivity contribution >= 4 is 17.2 Å². The van der Waals surface area contributed by atoms with Crippen LogP contribution in [0.1, 0.15) is 17.7 Å². The minimum Gasteiger partial charge on any atom is -0.341 e. The number of aryl methyl sites for hydroxylation is 1. The van der Waals surface area contributed by atoms with Gasteiger partial charge in [-0.1, -0.05) is 6.07 Å². The van der Waals surface area contributed by atoms with Gasteiger partial charge in [-0.05, 0) is 37.9 Å². The minimum atomic E-state index is 0.314. The summed E-state index contributed by atoms with van der Waals surface area (Å²) in [5.74, 6) is 0.314. The SMILES string of the molecule is CN1CCCN(C(=O)CCc2cccs2)CC1. The summed E-state index contributed by atoms with van der Waals surface area (Å²) in [5.41, 5.74) is 0. The van der Waals surface area contributed by atoms with Gasteiger partial charge in [-0.3, -0.25) is 4.79 Å². The van der Waals surface area contributed by atoms with E-state index in [1.54, 1.807) is 11.3 Å². The van der Waals surface area contributed by atoms with Gasteiger partial charge in [0.05, 0.1) is 0 Å². The van der Waals surface area contributed by atoms with Crippen LogP contribution in [-0.2, 0) is 11.2 Å². The van der Waals surface area contributed by atoms with Gasteiger partial charge in [0.15, 0.2) is 0 Å². The van der Waals surface area contributed by atoms with Crippen LogP contribution in [0.2, 0.25) is 0 Å². The Bertz CT molecular complexity index is 350. The molecule has 0 saturated carbocycles. The third-order valence-corrected chi connectivity index (χ3v) is 4.17. The number of carbonyl (C=O) groups is 1. The highest BCUT2D eigenvalue weighted by Crippen LogP contribution is 2.12. The summed E-state index contributed by atoms with van der Waals surface area (Å²) >= 11 is 1.74. The highest BCUT2D eigenvalue weighted by molar-refractivity contribution is 7.09. The molecule has 0 unspecified atom stereocenters. The van der Waals surface area contributed by atoms with E-state index in [9.17, 15) is 4.79 Å². The molecule has 3 nitrogen and oxygen atoms in total. The third-order valence-electron chi connectivity index (χ3n) is 3.24. The summed E-state index contributed by atoms with van der Waals surface area (Å²) in [6.45, 7) is 3.92. The van der Waals surface area contributed by atoms with Crippen LogP contribution in [0.4, 0.5) is 0 Å². The Morgan fingerprint density at radius 3 is 3.00 bits per heavy atom. The number of carbonyl (C=O) groups excluding carboxylic acids is 1. The molecule has 0 atom stereocenters. The van der Waals surface area contributed by atoms with Crippen LogP contribution in [0.15, 0.2) is 17.5 Å². The first kappa shape index (κ1) is 12.6. The first-order valence-electron chi connectivity index (χ1n) is 6.24. The second-order valence-electron chi connectivity index (χ2n) is 4.62. The zero-order valence-corrected chi connectivity index (χ0v) is 11.2. The molecule has 94 valence electrons. The van der Waals surface area contributed by atoms with Crippen LogP contribution in [0, 0.1) is 0 Å². The fraction of sp³-hybridized carbons (Fsp3) is 0.615. The smallest absolute Gasteiger partial charge is 0.222 e. The van der Waals surface area contributed by atoms with Gasteiger partial charge in [-0.25, -0.2) is 0 Å². The molecule has 1 saturated heterocycles. The normalized spacial score (nSPS) is 18.1. The molecule has 17 heavy (non-hydrogen) atoms. The Labute approximate surface area is 107 Å². The monoisotopic (exact) mass is 252 g/mol. The molecule has 0 aliphatic carbocycles. The van der Waals surface area contributed by atoms with Crippen LogP contribution in [-0.4, -0.2) is 48.9 Å². The molecule has 0 aromatic carbocycles. The maximum atomic E-state index is 12.1. The van der Waals surface area contributed by atoms with Gasteiger partial charge in [-0.15, -0.1) is 11.3 Å². The van der Waals surface area contributed by atoms with E-state index < -0.39 is 0 Å². The van der Waals surface area contributed by atoms with Gasteiger partial charge in [0.2, 0.25) is 5.91 Å². The third kappa shape index (κ3) is 3.82. The molecule has 1 fully saturated rings. The Morgan fingerprint density at radius 2 is 2.24 bits per heavy atom. The highest BCUT2D eigenvalue weighted by Gasteiger charge is 2.16. The van der Waals surface area contributed by atoms with Crippen LogP contribution in [0.3, 0.4) is 0 Å². The first-order chi connectivity index (χ1) is 8.25. The van der Waals surface area contributed by atoms with E-state index in [0.29, 0.717) is 12.3 Å². The number of likely N-dealkylation sites (N-methyl/N-ethyl adjacent to an activating group) is 1. The number of hydrogen-bond donors (Lipinski definition) is 0. The van der Waals surface area contributed by atoms with Crippen molar-refractivity contribution < 1.29 is 4.79 Å². The summed E-state index contributed by atoms with van der Waals surface area (Å²) < 4.78 is 0. The van der Waals surface area contributed by atoms with Crippen LogP contribution in [0.5, 0.6) is 0 Å². The van der Waals surface area contributed by atoms with Gasteiger partial charge in [0, 0.05) is 30.9 Å². The molecule has 1 aliphatic rings. The molecule has 0 N–H and O–H groups in total. The van der Waals surface area contributed by atoms with Gasteiger partial charge in [-0.2, -0.15) is 0 Å². The lowest BCUT2D eigenvalue weighted by Crippen LogP contribution is -2.34. The van der Waals surface area contributed by atoms with E-state index in [-0.39, 0.29) is 0 Å². The Morgan fingerprint density at radius 1 is 1.35 bits per heavy atom. The van der Waals surface area contributed by atoms with E-state index in [2.05, 4.69) is 23.4 Å². The molecular formula is C13H20N2OS. The van der Waals surface area contributed by atoms with E-state index in [1.807, 2.05) is 11.0 Å². The fourth-order valence-corrected chi connectivity index (χ4v) is 2.85. The molecule has 2 rings (SSSR count). The topological polar surface area (TPSA) is 23.6 Å². The van der Waals surface area contributed by atoms with E-state index in [0.717, 1.165) is 39.0 Å². The molecule has 1 aromatic heterocycles. The Kier molecular flexibility index (Phi) is 4.57. The van der Waals surface area contributed by atoms with Gasteiger partial charge < -0.3 is 9.80 Å². The number of nitrogens with zero attached hydrogens (tertiary/aromatic N) is 2. The van der Waals surface area contributed by atoms with Crippen molar-refractivity contribution in [3.8, 4) is 0 Å². The molecule has 4 heteroatoms. The van der Waals surface area contributed by atoms with Gasteiger partial charge in [0.1, 0.15) is 0 Å². The summed E-state index contributed by atoms with van der Waals surface area (Å²) in [6, 6.07) is 4.15. The molecule has 0 spiro atoms. The minimum absolute atomic E-state index is 0.314. The van der Waals surface area contributed by atoms with Gasteiger partial charge in [0.25, 0.3) is 0 Å². The Hall–Kier alpha value is -0.870. The average Bonchev–Trinajstić information content (AvgIpc) is 2.74. The second kappa shape index (κ2) is 6.17. The molecule has 0 bridgehead atoms. The lowest BCUT2D eigenvalue weighted by Gasteiger charge is -2.20. The maximum absolute atomic E-state index is 12.1. The van der Waals surface area contributed by atoms with Crippen molar-refractivity contribution in [2.24, 2.45) is 0 Å². The van der Waals surface area contributed by atoms with Crippen molar-refractivity contribution in [3.05, 3.63) is 22.4 Å². The fourth-order valence-electron chi connectivity index (χ4n) is 2.14. The zero-order valence-electron chi connectivity index (χ0n) is 10.4. The highest BCUT2D eigenvalue weighted by atomic mass is 32.1.